The lowest BCUT2D eigenvalue weighted by Gasteiger charge is -2.43. The molecule has 2 aliphatic rings. The van der Waals surface area contributed by atoms with E-state index in [9.17, 15) is 19.7 Å². The van der Waals surface area contributed by atoms with E-state index in [0.29, 0.717) is 29.8 Å². The molecule has 1 atom stereocenters. The van der Waals surface area contributed by atoms with Crippen molar-refractivity contribution < 1.29 is 14.5 Å². The molecule has 1 aliphatic carbocycles. The fourth-order valence-electron chi connectivity index (χ4n) is 5.20. The summed E-state index contributed by atoms with van der Waals surface area (Å²) in [7, 11) is 0. The van der Waals surface area contributed by atoms with Crippen molar-refractivity contribution in [1.29, 1.82) is 0 Å². The molecule has 1 aliphatic heterocycles. The third-order valence-corrected chi connectivity index (χ3v) is 7.02. The maximum atomic E-state index is 13.6. The minimum Gasteiger partial charge on any atom is -0.294 e. The van der Waals surface area contributed by atoms with E-state index >= 15 is 0 Å². The number of halogens is 1. The topological polar surface area (TPSA) is 80.5 Å². The second-order valence-corrected chi connectivity index (χ2v) is 10.2. The number of carbonyl (C=O) groups is 2. The Morgan fingerprint density at radius 3 is 2.47 bits per heavy atom. The van der Waals surface area contributed by atoms with Crippen molar-refractivity contribution in [2.75, 3.05) is 4.90 Å². The van der Waals surface area contributed by atoms with Crippen LogP contribution in [-0.2, 0) is 9.59 Å². The van der Waals surface area contributed by atoms with Gasteiger partial charge in [-0.05, 0) is 40.3 Å². The van der Waals surface area contributed by atoms with E-state index in [1.165, 1.54) is 17.0 Å². The molecule has 0 spiro atoms. The minimum atomic E-state index is -0.566. The fraction of sp³-hybridized carbons (Fsp3) is 0.259. The molecule has 0 radical (unpaired) electrons. The van der Waals surface area contributed by atoms with Gasteiger partial charge in [0.15, 0.2) is 5.78 Å². The van der Waals surface area contributed by atoms with Gasteiger partial charge >= 0.3 is 0 Å². The summed E-state index contributed by atoms with van der Waals surface area (Å²) in [6.07, 6.45) is 1.01. The van der Waals surface area contributed by atoms with Gasteiger partial charge in [0.1, 0.15) is 5.02 Å². The number of amides is 1. The zero-order chi connectivity index (χ0) is 24.2. The second kappa shape index (κ2) is 8.06. The molecule has 7 heteroatoms. The van der Waals surface area contributed by atoms with Gasteiger partial charge in [0.05, 0.1) is 10.6 Å². The lowest BCUT2D eigenvalue weighted by molar-refractivity contribution is -0.384. The van der Waals surface area contributed by atoms with Gasteiger partial charge in [0, 0.05) is 36.1 Å². The summed E-state index contributed by atoms with van der Waals surface area (Å²) in [5.41, 5.74) is 1.94. The highest BCUT2D eigenvalue weighted by Crippen LogP contribution is 2.49. The molecule has 1 unspecified atom stereocenters. The van der Waals surface area contributed by atoms with Crippen molar-refractivity contribution >= 4 is 45.4 Å². The first-order valence-corrected chi connectivity index (χ1v) is 11.5. The van der Waals surface area contributed by atoms with E-state index in [1.807, 2.05) is 56.3 Å². The van der Waals surface area contributed by atoms with E-state index in [-0.39, 0.29) is 40.2 Å². The number of rotatable bonds is 3. The third-order valence-electron chi connectivity index (χ3n) is 6.70. The van der Waals surface area contributed by atoms with Crippen LogP contribution in [0.2, 0.25) is 5.02 Å². The lowest BCUT2D eigenvalue weighted by atomic mass is 9.69. The van der Waals surface area contributed by atoms with Gasteiger partial charge in [-0.2, -0.15) is 0 Å². The van der Waals surface area contributed by atoms with Crippen molar-refractivity contribution in [2.45, 2.75) is 39.0 Å². The molecule has 0 saturated carbocycles. The summed E-state index contributed by atoms with van der Waals surface area (Å²) >= 11 is 6.01. The number of fused-ring (bicyclic) bond motifs is 1. The van der Waals surface area contributed by atoms with Crippen LogP contribution in [0, 0.1) is 15.5 Å². The van der Waals surface area contributed by atoms with E-state index in [4.69, 9.17) is 11.6 Å². The van der Waals surface area contributed by atoms with Crippen LogP contribution in [0.1, 0.15) is 44.6 Å². The highest BCUT2D eigenvalue weighted by atomic mass is 35.5. The van der Waals surface area contributed by atoms with Crippen molar-refractivity contribution in [3.63, 3.8) is 0 Å². The fourth-order valence-corrected chi connectivity index (χ4v) is 5.39. The molecule has 3 aromatic rings. The predicted molar refractivity (Wildman–Crippen MR) is 132 cm³/mol. The number of Topliss-reactive ketones (excluding diaryl/α,β-unsaturated/α-hetero) is 1. The molecule has 0 N–H and O–H groups in total. The Bertz CT molecular complexity index is 1410. The molecule has 0 bridgehead atoms. The van der Waals surface area contributed by atoms with Crippen LogP contribution in [0.4, 0.5) is 11.4 Å². The Morgan fingerprint density at radius 1 is 1.00 bits per heavy atom. The van der Waals surface area contributed by atoms with E-state index in [0.717, 1.165) is 16.3 Å². The van der Waals surface area contributed by atoms with Gasteiger partial charge in [0.25, 0.3) is 5.69 Å². The van der Waals surface area contributed by atoms with E-state index < -0.39 is 4.92 Å². The average Bonchev–Trinajstić information content (AvgIpc) is 2.78. The lowest BCUT2D eigenvalue weighted by Crippen LogP contribution is -2.43. The second-order valence-electron chi connectivity index (χ2n) is 9.79. The standard InChI is InChI=1S/C27H23ClN2O4/c1-27(2)14-23-26(24(31)15-27)20(18-8-7-16-5-3-4-6-17(16)11-18)13-25(32)29(23)19-9-10-21(28)22(12-19)30(33)34/h3-12,20H,13-15H2,1-2H3. The van der Waals surface area contributed by atoms with Crippen molar-refractivity contribution in [1.82, 2.24) is 0 Å². The quantitative estimate of drug-likeness (QED) is 0.318. The van der Waals surface area contributed by atoms with E-state index in [2.05, 4.69) is 0 Å². The number of anilines is 1. The summed E-state index contributed by atoms with van der Waals surface area (Å²) in [5, 5.41) is 13.6. The van der Waals surface area contributed by atoms with Gasteiger partial charge in [-0.1, -0.05) is 67.9 Å². The molecule has 3 aromatic carbocycles. The monoisotopic (exact) mass is 474 g/mol. The maximum Gasteiger partial charge on any atom is 0.289 e. The van der Waals surface area contributed by atoms with Crippen molar-refractivity contribution in [3.05, 3.63) is 92.6 Å². The molecule has 1 amide bonds. The number of hydrogen-bond acceptors (Lipinski definition) is 4. The molecule has 1 heterocycles. The Labute approximate surface area is 202 Å². The Balaban J connectivity index is 1.69. The maximum absolute atomic E-state index is 13.6. The molecule has 6 nitrogen and oxygen atoms in total. The van der Waals surface area contributed by atoms with Crippen LogP contribution in [0.5, 0.6) is 0 Å². The predicted octanol–water partition coefficient (Wildman–Crippen LogP) is 6.57. The minimum absolute atomic E-state index is 0.00139. The van der Waals surface area contributed by atoms with Crippen molar-refractivity contribution in [3.8, 4) is 0 Å². The highest BCUT2D eigenvalue weighted by Gasteiger charge is 2.44. The number of allylic oxidation sites excluding steroid dienone is 2. The highest BCUT2D eigenvalue weighted by molar-refractivity contribution is 6.32. The molecular formula is C27H23ClN2O4. The molecule has 172 valence electrons. The summed E-state index contributed by atoms with van der Waals surface area (Å²) in [5.74, 6) is -0.529. The van der Waals surface area contributed by atoms with E-state index in [1.54, 1.807) is 6.07 Å². The number of carbonyl (C=O) groups excluding carboxylic acids is 2. The number of benzene rings is 3. The average molecular weight is 475 g/mol. The molecule has 0 fully saturated rings. The molecular weight excluding hydrogens is 452 g/mol. The molecule has 34 heavy (non-hydrogen) atoms. The largest absolute Gasteiger partial charge is 0.294 e. The third kappa shape index (κ3) is 3.78. The van der Waals surface area contributed by atoms with Crippen LogP contribution in [-0.4, -0.2) is 16.6 Å². The Morgan fingerprint density at radius 2 is 1.74 bits per heavy atom. The summed E-state index contributed by atoms with van der Waals surface area (Å²) in [6.45, 7) is 4.00. The van der Waals surface area contributed by atoms with Gasteiger partial charge in [0.2, 0.25) is 5.91 Å². The summed E-state index contributed by atoms with van der Waals surface area (Å²) in [4.78, 5) is 39.4. The normalized spacial score (nSPS) is 20.0. The van der Waals surface area contributed by atoms with Crippen LogP contribution in [0.3, 0.4) is 0 Å². The molecule has 5 rings (SSSR count). The van der Waals surface area contributed by atoms with Crippen LogP contribution >= 0.6 is 11.6 Å². The Hall–Kier alpha value is -3.51. The van der Waals surface area contributed by atoms with Crippen LogP contribution in [0.15, 0.2) is 71.9 Å². The number of hydrogen-bond donors (Lipinski definition) is 0. The van der Waals surface area contributed by atoms with Crippen LogP contribution in [0.25, 0.3) is 10.8 Å². The number of ketones is 1. The first-order valence-electron chi connectivity index (χ1n) is 11.2. The van der Waals surface area contributed by atoms with Crippen molar-refractivity contribution in [2.24, 2.45) is 5.41 Å². The SMILES string of the molecule is CC1(C)CC(=O)C2=C(C1)N(c1ccc(Cl)c([N+](=O)[O-])c1)C(=O)CC2c1ccc2ccccc2c1. The van der Waals surface area contributed by atoms with Gasteiger partial charge in [-0.3, -0.25) is 24.6 Å². The smallest absolute Gasteiger partial charge is 0.289 e. The van der Waals surface area contributed by atoms with Gasteiger partial charge in [-0.15, -0.1) is 0 Å². The first kappa shape index (κ1) is 22.3. The number of nitro groups is 1. The number of nitrogens with zero attached hydrogens (tertiary/aromatic N) is 2. The summed E-state index contributed by atoms with van der Waals surface area (Å²) in [6, 6.07) is 18.4. The van der Waals surface area contributed by atoms with Gasteiger partial charge in [-0.25, -0.2) is 0 Å². The summed E-state index contributed by atoms with van der Waals surface area (Å²) < 4.78 is 0. The Kier molecular flexibility index (Phi) is 5.29. The zero-order valence-corrected chi connectivity index (χ0v) is 19.6. The molecule has 0 saturated heterocycles. The zero-order valence-electron chi connectivity index (χ0n) is 18.9. The molecule has 0 aromatic heterocycles. The van der Waals surface area contributed by atoms with Crippen LogP contribution < -0.4 is 4.90 Å². The first-order chi connectivity index (χ1) is 16.1. The number of nitro benzene ring substituents is 1. The van der Waals surface area contributed by atoms with Gasteiger partial charge < -0.3 is 0 Å².